The van der Waals surface area contributed by atoms with Crippen LogP contribution in [0.4, 0.5) is 5.00 Å². The van der Waals surface area contributed by atoms with Crippen LogP contribution in [0.15, 0.2) is 6.20 Å². The van der Waals surface area contributed by atoms with E-state index >= 15 is 0 Å². The Morgan fingerprint density at radius 2 is 2.38 bits per heavy atom. The van der Waals surface area contributed by atoms with Gasteiger partial charge in [-0.1, -0.05) is 30.7 Å². The van der Waals surface area contributed by atoms with Crippen LogP contribution in [0.2, 0.25) is 0 Å². The van der Waals surface area contributed by atoms with Crippen molar-refractivity contribution < 1.29 is 0 Å². The largest absolute Gasteiger partial charge is 0.372 e. The van der Waals surface area contributed by atoms with Gasteiger partial charge in [-0.2, -0.15) is 0 Å². The highest BCUT2D eigenvalue weighted by atomic mass is 32.1. The number of anilines is 1. The molecule has 0 radical (unpaired) electrons. The summed E-state index contributed by atoms with van der Waals surface area (Å²) in [6.45, 7) is 4.43. The van der Waals surface area contributed by atoms with Gasteiger partial charge in [-0.15, -0.1) is 5.10 Å². The van der Waals surface area contributed by atoms with Gasteiger partial charge in [0.15, 0.2) is 0 Å². The quantitative estimate of drug-likeness (QED) is 0.716. The molecule has 1 atom stereocenters. The Morgan fingerprint density at radius 3 is 3.00 bits per heavy atom. The number of aromatic nitrogens is 2. The lowest BCUT2D eigenvalue weighted by molar-refractivity contribution is 0.616. The van der Waals surface area contributed by atoms with Gasteiger partial charge < -0.3 is 5.32 Å². The molecule has 0 fully saturated rings. The zero-order valence-electron chi connectivity index (χ0n) is 8.29. The monoisotopic (exact) mass is 199 g/mol. The second-order valence-electron chi connectivity index (χ2n) is 3.32. The Bertz CT molecular complexity index is 211. The fourth-order valence-electron chi connectivity index (χ4n) is 1.25. The molecule has 1 rings (SSSR count). The molecule has 0 aromatic carbocycles. The van der Waals surface area contributed by atoms with E-state index in [0.29, 0.717) is 6.04 Å². The highest BCUT2D eigenvalue weighted by Gasteiger charge is 2.02. The molecule has 0 bridgehead atoms. The van der Waals surface area contributed by atoms with Crippen LogP contribution in [0.3, 0.4) is 0 Å². The van der Waals surface area contributed by atoms with E-state index < -0.39 is 0 Å². The summed E-state index contributed by atoms with van der Waals surface area (Å²) in [7, 11) is 0. The van der Waals surface area contributed by atoms with Crippen molar-refractivity contribution in [1.29, 1.82) is 0 Å². The summed E-state index contributed by atoms with van der Waals surface area (Å²) in [6.07, 6.45) is 6.92. The van der Waals surface area contributed by atoms with Gasteiger partial charge in [0.25, 0.3) is 0 Å². The molecule has 0 amide bonds. The Hall–Kier alpha value is -0.640. The molecule has 0 spiro atoms. The van der Waals surface area contributed by atoms with Crippen LogP contribution in [-0.4, -0.2) is 15.6 Å². The van der Waals surface area contributed by atoms with Crippen molar-refractivity contribution in [1.82, 2.24) is 9.59 Å². The van der Waals surface area contributed by atoms with Crippen molar-refractivity contribution in [2.45, 2.75) is 45.6 Å². The first kappa shape index (κ1) is 10.4. The lowest BCUT2D eigenvalue weighted by atomic mass is 10.1. The molecule has 1 heterocycles. The summed E-state index contributed by atoms with van der Waals surface area (Å²) in [5, 5.41) is 8.23. The van der Waals surface area contributed by atoms with Crippen LogP contribution in [0, 0.1) is 0 Å². The molecule has 13 heavy (non-hydrogen) atoms. The fourth-order valence-corrected chi connectivity index (χ4v) is 1.78. The van der Waals surface area contributed by atoms with Crippen molar-refractivity contribution >= 4 is 16.5 Å². The van der Waals surface area contributed by atoms with E-state index in [0.717, 1.165) is 5.00 Å². The summed E-state index contributed by atoms with van der Waals surface area (Å²) in [5.74, 6) is 0. The molecule has 1 N–H and O–H groups in total. The van der Waals surface area contributed by atoms with Crippen molar-refractivity contribution in [2.75, 3.05) is 5.32 Å². The molecule has 0 aliphatic heterocycles. The van der Waals surface area contributed by atoms with E-state index in [1.165, 1.54) is 37.2 Å². The Kier molecular flexibility index (Phi) is 4.75. The minimum absolute atomic E-state index is 0.536. The van der Waals surface area contributed by atoms with Crippen LogP contribution in [0.25, 0.3) is 0 Å². The van der Waals surface area contributed by atoms with Crippen LogP contribution in [-0.2, 0) is 0 Å². The summed E-state index contributed by atoms with van der Waals surface area (Å²) < 4.78 is 3.80. The number of rotatable bonds is 6. The third-order valence-corrected chi connectivity index (χ3v) is 2.59. The maximum Gasteiger partial charge on any atom is 0.130 e. The molecule has 0 saturated heterocycles. The number of unbranched alkanes of at least 4 members (excludes halogenated alkanes) is 2. The first-order valence-electron chi connectivity index (χ1n) is 4.86. The van der Waals surface area contributed by atoms with Crippen LogP contribution >= 0.6 is 11.5 Å². The zero-order valence-corrected chi connectivity index (χ0v) is 9.10. The van der Waals surface area contributed by atoms with Crippen molar-refractivity contribution in [3.63, 3.8) is 0 Å². The maximum atomic E-state index is 3.80. The van der Waals surface area contributed by atoms with E-state index in [2.05, 4.69) is 28.8 Å². The molecular formula is C9H17N3S. The van der Waals surface area contributed by atoms with E-state index in [9.17, 15) is 0 Å². The minimum atomic E-state index is 0.536. The maximum absolute atomic E-state index is 3.80. The van der Waals surface area contributed by atoms with Crippen LogP contribution < -0.4 is 5.32 Å². The lowest BCUT2D eigenvalue weighted by Gasteiger charge is -2.11. The van der Waals surface area contributed by atoms with Crippen molar-refractivity contribution in [2.24, 2.45) is 0 Å². The molecule has 3 nitrogen and oxygen atoms in total. The van der Waals surface area contributed by atoms with E-state index in [4.69, 9.17) is 0 Å². The Labute approximate surface area is 83.7 Å². The minimum Gasteiger partial charge on any atom is -0.372 e. The molecule has 0 aliphatic carbocycles. The topological polar surface area (TPSA) is 37.8 Å². The van der Waals surface area contributed by atoms with Crippen molar-refractivity contribution in [3.8, 4) is 0 Å². The summed E-state index contributed by atoms with van der Waals surface area (Å²) in [4.78, 5) is 0. The zero-order chi connectivity index (χ0) is 9.52. The molecule has 1 aromatic rings. The molecule has 74 valence electrons. The predicted octanol–water partition coefficient (Wildman–Crippen LogP) is 2.92. The highest BCUT2D eigenvalue weighted by Crippen LogP contribution is 2.13. The molecule has 0 aliphatic rings. The molecule has 0 saturated carbocycles. The van der Waals surface area contributed by atoms with Gasteiger partial charge in [0.1, 0.15) is 5.00 Å². The molecule has 1 unspecified atom stereocenters. The third kappa shape index (κ3) is 4.22. The number of nitrogens with zero attached hydrogens (tertiary/aromatic N) is 2. The Balaban J connectivity index is 2.14. The van der Waals surface area contributed by atoms with Crippen molar-refractivity contribution in [3.05, 3.63) is 6.20 Å². The highest BCUT2D eigenvalue weighted by molar-refractivity contribution is 7.09. The van der Waals surface area contributed by atoms with Gasteiger partial charge in [-0.3, -0.25) is 0 Å². The second-order valence-corrected chi connectivity index (χ2v) is 4.11. The molecule has 1 aromatic heterocycles. The standard InChI is InChI=1S/C9H17N3S/c1-3-4-5-6-8(2)11-9-7-10-12-13-9/h7-8,11H,3-6H2,1-2H3. The Morgan fingerprint density at radius 1 is 1.54 bits per heavy atom. The first-order valence-corrected chi connectivity index (χ1v) is 5.64. The summed E-state index contributed by atoms with van der Waals surface area (Å²) >= 11 is 1.42. The smallest absolute Gasteiger partial charge is 0.130 e. The number of hydrogen-bond donors (Lipinski definition) is 1. The van der Waals surface area contributed by atoms with E-state index in [1.54, 1.807) is 6.20 Å². The van der Waals surface area contributed by atoms with Gasteiger partial charge in [-0.25, -0.2) is 0 Å². The number of nitrogens with one attached hydrogen (secondary N) is 1. The second kappa shape index (κ2) is 5.91. The van der Waals surface area contributed by atoms with Gasteiger partial charge in [-0.05, 0) is 13.3 Å². The van der Waals surface area contributed by atoms with Crippen LogP contribution in [0.5, 0.6) is 0 Å². The predicted molar refractivity (Wildman–Crippen MR) is 57.1 cm³/mol. The fraction of sp³-hybridized carbons (Fsp3) is 0.778. The third-order valence-electron chi connectivity index (χ3n) is 1.99. The molecular weight excluding hydrogens is 182 g/mol. The first-order chi connectivity index (χ1) is 6.33. The number of hydrogen-bond acceptors (Lipinski definition) is 4. The van der Waals surface area contributed by atoms with E-state index in [1.807, 2.05) is 0 Å². The summed E-state index contributed by atoms with van der Waals surface area (Å²) in [5.41, 5.74) is 0. The molecule has 4 heteroatoms. The average molecular weight is 199 g/mol. The SMILES string of the molecule is CCCCCC(C)Nc1cnns1. The van der Waals surface area contributed by atoms with Gasteiger partial charge in [0, 0.05) is 17.6 Å². The van der Waals surface area contributed by atoms with Gasteiger partial charge in [0.2, 0.25) is 0 Å². The normalized spacial score (nSPS) is 12.8. The lowest BCUT2D eigenvalue weighted by Crippen LogP contribution is -2.13. The van der Waals surface area contributed by atoms with Crippen LogP contribution in [0.1, 0.15) is 39.5 Å². The summed E-state index contributed by atoms with van der Waals surface area (Å²) in [6, 6.07) is 0.536. The van der Waals surface area contributed by atoms with Gasteiger partial charge in [0.05, 0.1) is 6.20 Å². The van der Waals surface area contributed by atoms with Gasteiger partial charge >= 0.3 is 0 Å². The van der Waals surface area contributed by atoms with E-state index in [-0.39, 0.29) is 0 Å². The average Bonchev–Trinajstić information content (AvgIpc) is 2.57.